The predicted molar refractivity (Wildman–Crippen MR) is 143 cm³/mol. The summed E-state index contributed by atoms with van der Waals surface area (Å²) in [5, 5.41) is 9.80. The minimum absolute atomic E-state index is 0.0252. The van der Waals surface area contributed by atoms with Gasteiger partial charge in [0.2, 0.25) is 5.60 Å². The number of benzene rings is 3. The summed E-state index contributed by atoms with van der Waals surface area (Å²) in [6, 6.07) is 24.5. The Morgan fingerprint density at radius 2 is 1.65 bits per heavy atom. The van der Waals surface area contributed by atoms with Crippen LogP contribution >= 0.6 is 0 Å². The fraction of sp³-hybridized carbons (Fsp3) is 0.333. The minimum Gasteiger partial charge on any atom is -0.494 e. The van der Waals surface area contributed by atoms with E-state index in [1.807, 2.05) is 84.3 Å². The number of amides is 2. The average Bonchev–Trinajstić information content (AvgIpc) is 2.88. The lowest BCUT2D eigenvalue weighted by Gasteiger charge is -2.39. The van der Waals surface area contributed by atoms with Crippen molar-refractivity contribution < 1.29 is 24.2 Å². The fourth-order valence-corrected chi connectivity index (χ4v) is 4.52. The Kier molecular flexibility index (Phi) is 8.01. The van der Waals surface area contributed by atoms with Gasteiger partial charge < -0.3 is 19.5 Å². The minimum atomic E-state index is -1.40. The highest BCUT2D eigenvalue weighted by atomic mass is 16.5. The van der Waals surface area contributed by atoms with Crippen LogP contribution < -0.4 is 14.4 Å². The Morgan fingerprint density at radius 1 is 0.973 bits per heavy atom. The molecule has 4 rings (SSSR count). The van der Waals surface area contributed by atoms with Gasteiger partial charge in [0.05, 0.1) is 12.3 Å². The molecule has 0 saturated carbocycles. The maximum Gasteiger partial charge on any atom is 0.348 e. The summed E-state index contributed by atoms with van der Waals surface area (Å²) in [4.78, 5) is 28.8. The molecule has 37 heavy (non-hydrogen) atoms. The van der Waals surface area contributed by atoms with Crippen molar-refractivity contribution >= 4 is 17.7 Å². The number of carboxylic acid groups (broad SMARTS) is 1. The monoisotopic (exact) mass is 502 g/mol. The van der Waals surface area contributed by atoms with Crippen molar-refractivity contribution in [2.24, 2.45) is 0 Å². The van der Waals surface area contributed by atoms with E-state index in [9.17, 15) is 14.7 Å². The van der Waals surface area contributed by atoms with Crippen molar-refractivity contribution in [3.8, 4) is 11.5 Å². The molecule has 194 valence electrons. The Labute approximate surface area is 218 Å². The highest BCUT2D eigenvalue weighted by Gasteiger charge is 2.36. The van der Waals surface area contributed by atoms with E-state index in [0.717, 1.165) is 16.8 Å². The van der Waals surface area contributed by atoms with Gasteiger partial charge in [-0.15, -0.1) is 0 Å². The Balaban J connectivity index is 1.30. The second-order valence-electron chi connectivity index (χ2n) is 9.77. The molecule has 1 aliphatic rings. The lowest BCUT2D eigenvalue weighted by atomic mass is 9.96. The summed E-state index contributed by atoms with van der Waals surface area (Å²) < 4.78 is 11.7. The molecule has 1 atom stereocenters. The highest BCUT2D eigenvalue weighted by molar-refractivity contribution is 5.95. The molecule has 0 bridgehead atoms. The molecule has 2 amide bonds. The molecule has 0 unspecified atom stereocenters. The number of fused-ring (bicyclic) bond motifs is 1. The third-order valence-corrected chi connectivity index (χ3v) is 6.45. The number of ether oxygens (including phenoxy) is 2. The second kappa shape index (κ2) is 11.4. The number of para-hydroxylation sites is 2. The molecule has 0 radical (unpaired) electrons. The van der Waals surface area contributed by atoms with Gasteiger partial charge in [0.25, 0.3) is 0 Å². The van der Waals surface area contributed by atoms with Crippen LogP contribution in [0.3, 0.4) is 0 Å². The van der Waals surface area contributed by atoms with E-state index in [0.29, 0.717) is 37.6 Å². The number of urea groups is 1. The van der Waals surface area contributed by atoms with Crippen molar-refractivity contribution in [1.29, 1.82) is 0 Å². The number of hydrogen-bond donors (Lipinski definition) is 1. The first-order valence-corrected chi connectivity index (χ1v) is 12.6. The number of aliphatic carboxylic acids is 1. The number of carbonyl (C=O) groups excluding carboxylic acids is 1. The molecule has 0 saturated heterocycles. The Morgan fingerprint density at radius 3 is 2.32 bits per heavy atom. The average molecular weight is 503 g/mol. The quantitative estimate of drug-likeness (QED) is 0.337. The van der Waals surface area contributed by atoms with E-state index >= 15 is 0 Å². The van der Waals surface area contributed by atoms with Crippen LogP contribution in [-0.4, -0.2) is 46.8 Å². The molecule has 7 heteroatoms. The number of anilines is 1. The van der Waals surface area contributed by atoms with Crippen molar-refractivity contribution in [3.63, 3.8) is 0 Å². The topological polar surface area (TPSA) is 79.3 Å². The lowest BCUT2D eigenvalue weighted by Crippen LogP contribution is -2.50. The molecular formula is C30H34N2O5. The van der Waals surface area contributed by atoms with Gasteiger partial charge in [-0.3, -0.25) is 4.90 Å². The van der Waals surface area contributed by atoms with Gasteiger partial charge in [-0.25, -0.2) is 9.59 Å². The molecule has 0 spiro atoms. The van der Waals surface area contributed by atoms with Crippen LogP contribution in [0.25, 0.3) is 0 Å². The first-order chi connectivity index (χ1) is 17.8. The SMILES string of the molecule is CC(C)N1C(=O)N(CCCOc2ccc(C[C@](C)(Oc3ccccc3)C(=O)O)cc2)Cc2ccccc21. The van der Waals surface area contributed by atoms with E-state index in [-0.39, 0.29) is 18.5 Å². The molecular weight excluding hydrogens is 468 g/mol. The zero-order valence-corrected chi connectivity index (χ0v) is 21.6. The van der Waals surface area contributed by atoms with Crippen LogP contribution in [0.4, 0.5) is 10.5 Å². The van der Waals surface area contributed by atoms with Crippen molar-refractivity contribution in [1.82, 2.24) is 4.90 Å². The summed E-state index contributed by atoms with van der Waals surface area (Å²) in [6.07, 6.45) is 0.909. The molecule has 7 nitrogen and oxygen atoms in total. The largest absolute Gasteiger partial charge is 0.494 e. The molecule has 0 aliphatic carbocycles. The Bertz CT molecular complexity index is 1210. The van der Waals surface area contributed by atoms with E-state index < -0.39 is 11.6 Å². The highest BCUT2D eigenvalue weighted by Crippen LogP contribution is 2.30. The molecule has 3 aromatic carbocycles. The van der Waals surface area contributed by atoms with Crippen LogP contribution in [-0.2, 0) is 17.8 Å². The standard InChI is InChI=1S/C30H34N2O5/c1-22(2)32-27-13-8-7-10-24(27)21-31(29(32)35)18-9-19-36-25-16-14-23(15-17-25)20-30(3,28(33)34)37-26-11-5-4-6-12-26/h4-8,10-17,22H,9,18-21H2,1-3H3,(H,33,34)/t30-/m0/s1. The summed E-state index contributed by atoms with van der Waals surface area (Å²) >= 11 is 0. The van der Waals surface area contributed by atoms with Gasteiger partial charge in [-0.05, 0) is 68.7 Å². The smallest absolute Gasteiger partial charge is 0.348 e. The number of nitrogens with zero attached hydrogens (tertiary/aromatic N) is 2. The third-order valence-electron chi connectivity index (χ3n) is 6.45. The third kappa shape index (κ3) is 6.23. The zero-order valence-electron chi connectivity index (χ0n) is 21.6. The van der Waals surface area contributed by atoms with Crippen molar-refractivity contribution in [2.75, 3.05) is 18.1 Å². The van der Waals surface area contributed by atoms with E-state index in [2.05, 4.69) is 6.07 Å². The second-order valence-corrected chi connectivity index (χ2v) is 9.77. The fourth-order valence-electron chi connectivity index (χ4n) is 4.52. The van der Waals surface area contributed by atoms with E-state index in [4.69, 9.17) is 9.47 Å². The van der Waals surface area contributed by atoms with E-state index in [1.165, 1.54) is 0 Å². The first-order valence-electron chi connectivity index (χ1n) is 12.6. The molecule has 1 heterocycles. The predicted octanol–water partition coefficient (Wildman–Crippen LogP) is 5.77. The van der Waals surface area contributed by atoms with Gasteiger partial charge in [-0.2, -0.15) is 0 Å². The molecule has 1 N–H and O–H groups in total. The molecule has 1 aliphatic heterocycles. The van der Waals surface area contributed by atoms with Crippen molar-refractivity contribution in [3.05, 3.63) is 90.0 Å². The molecule has 3 aromatic rings. The summed E-state index contributed by atoms with van der Waals surface area (Å²) in [7, 11) is 0. The number of carboxylic acids is 1. The van der Waals surface area contributed by atoms with Gasteiger partial charge in [0.15, 0.2) is 0 Å². The zero-order chi connectivity index (χ0) is 26.4. The summed E-state index contributed by atoms with van der Waals surface area (Å²) in [5.74, 6) is 0.186. The number of hydrogen-bond acceptors (Lipinski definition) is 4. The van der Waals surface area contributed by atoms with Gasteiger partial charge >= 0.3 is 12.0 Å². The van der Waals surface area contributed by atoms with E-state index in [1.54, 1.807) is 19.1 Å². The maximum atomic E-state index is 13.1. The van der Waals surface area contributed by atoms with Crippen LogP contribution in [0, 0.1) is 0 Å². The first kappa shape index (κ1) is 26.1. The number of carbonyl (C=O) groups is 2. The van der Waals surface area contributed by atoms with Gasteiger partial charge in [0, 0.05) is 25.6 Å². The Hall–Kier alpha value is -4.00. The van der Waals surface area contributed by atoms with Gasteiger partial charge in [0.1, 0.15) is 11.5 Å². The van der Waals surface area contributed by atoms with Crippen LogP contribution in [0.5, 0.6) is 11.5 Å². The normalized spacial score (nSPS) is 14.8. The molecule has 0 aromatic heterocycles. The summed E-state index contributed by atoms with van der Waals surface area (Å²) in [5.41, 5.74) is 1.58. The summed E-state index contributed by atoms with van der Waals surface area (Å²) in [6.45, 7) is 7.29. The van der Waals surface area contributed by atoms with Crippen LogP contribution in [0.1, 0.15) is 38.3 Å². The van der Waals surface area contributed by atoms with Crippen molar-refractivity contribution in [2.45, 2.75) is 51.8 Å². The number of rotatable bonds is 11. The lowest BCUT2D eigenvalue weighted by molar-refractivity contribution is -0.153. The van der Waals surface area contributed by atoms with Crippen LogP contribution in [0.15, 0.2) is 78.9 Å². The van der Waals surface area contributed by atoms with Gasteiger partial charge in [-0.1, -0.05) is 48.5 Å². The van der Waals surface area contributed by atoms with Crippen LogP contribution in [0.2, 0.25) is 0 Å². The maximum absolute atomic E-state index is 13.1. The molecule has 0 fully saturated rings.